The van der Waals surface area contributed by atoms with E-state index in [2.05, 4.69) is 0 Å². The van der Waals surface area contributed by atoms with E-state index in [1.54, 1.807) is 7.05 Å². The molecule has 0 aliphatic heterocycles. The number of carbonyl (C=O) groups is 7. The van der Waals surface area contributed by atoms with E-state index in [0.29, 0.717) is 19.6 Å². The Kier molecular flexibility index (Phi) is 16.9. The van der Waals surface area contributed by atoms with E-state index >= 15 is 0 Å². The molecule has 7 amide bonds. The van der Waals surface area contributed by atoms with Gasteiger partial charge in [0.15, 0.2) is 0 Å². The Morgan fingerprint density at radius 2 is 0.683 bits per heavy atom. The maximum atomic E-state index is 12.6. The predicted molar refractivity (Wildman–Crippen MR) is 150 cm³/mol. The number of hydrogen-bond acceptors (Lipinski definition) is 8. The summed E-state index contributed by atoms with van der Waals surface area (Å²) in [5.74, 6) is -2.83. The van der Waals surface area contributed by atoms with Gasteiger partial charge in [-0.15, -0.1) is 0 Å². The standard InChI is InChI=1S/C26H47N7O8/c1-10-27(2)21(35)14-29(4)23(37)16-31(6)25(39)18-33(8)26(40)19-32(7)24(38)17-30(5)22(36)15-28(3)20(34)12-11-13-41-9/h10-19H2,1-9H3. The molecule has 41 heavy (non-hydrogen) atoms. The number of ether oxygens (including phenoxy) is 1. The van der Waals surface area contributed by atoms with E-state index in [4.69, 9.17) is 4.74 Å². The minimum Gasteiger partial charge on any atom is -0.385 e. The van der Waals surface area contributed by atoms with Gasteiger partial charge in [0, 0.05) is 76.0 Å². The van der Waals surface area contributed by atoms with Crippen LogP contribution in [0.15, 0.2) is 0 Å². The van der Waals surface area contributed by atoms with Crippen molar-refractivity contribution in [3.8, 4) is 0 Å². The molecule has 0 aromatic rings. The van der Waals surface area contributed by atoms with Gasteiger partial charge in [-0.2, -0.15) is 0 Å². The number of rotatable bonds is 17. The summed E-state index contributed by atoms with van der Waals surface area (Å²) in [6.45, 7) is 1.22. The molecule has 0 heterocycles. The highest BCUT2D eigenvalue weighted by Crippen LogP contribution is 2.00. The van der Waals surface area contributed by atoms with Gasteiger partial charge in [0.1, 0.15) is 0 Å². The second kappa shape index (κ2) is 18.6. The Morgan fingerprint density at radius 1 is 0.439 bits per heavy atom. The van der Waals surface area contributed by atoms with Gasteiger partial charge in [0.05, 0.1) is 39.3 Å². The molecule has 0 bridgehead atoms. The van der Waals surface area contributed by atoms with E-state index in [9.17, 15) is 33.6 Å². The van der Waals surface area contributed by atoms with Gasteiger partial charge >= 0.3 is 0 Å². The summed E-state index contributed by atoms with van der Waals surface area (Å²) in [5.41, 5.74) is 0. The molecule has 0 saturated carbocycles. The Hall–Kier alpha value is -3.75. The SMILES string of the molecule is CCN(C)C(=O)CN(C)C(=O)CN(C)C(=O)CN(C)C(=O)CN(C)C(=O)CN(C)C(=O)CN(C)C(=O)CCCOC. The van der Waals surface area contributed by atoms with Gasteiger partial charge in [0.25, 0.3) is 0 Å². The topological polar surface area (TPSA) is 151 Å². The van der Waals surface area contributed by atoms with Crippen LogP contribution in [0.2, 0.25) is 0 Å². The number of amides is 7. The number of carbonyl (C=O) groups excluding carboxylic acids is 7. The summed E-state index contributed by atoms with van der Waals surface area (Å²) >= 11 is 0. The molecular weight excluding hydrogens is 538 g/mol. The largest absolute Gasteiger partial charge is 0.385 e. The van der Waals surface area contributed by atoms with Crippen molar-refractivity contribution in [2.75, 3.05) is 109 Å². The summed E-state index contributed by atoms with van der Waals surface area (Å²) < 4.78 is 4.91. The first-order valence-corrected chi connectivity index (χ1v) is 13.2. The highest BCUT2D eigenvalue weighted by molar-refractivity contribution is 5.92. The monoisotopic (exact) mass is 585 g/mol. The molecule has 0 aliphatic carbocycles. The third-order valence-electron chi connectivity index (χ3n) is 6.43. The summed E-state index contributed by atoms with van der Waals surface area (Å²) in [4.78, 5) is 95.3. The van der Waals surface area contributed by atoms with Crippen LogP contribution in [0, 0.1) is 0 Å². The van der Waals surface area contributed by atoms with Crippen molar-refractivity contribution in [3.63, 3.8) is 0 Å². The fraction of sp³-hybridized carbons (Fsp3) is 0.731. The number of nitrogens with zero attached hydrogens (tertiary/aromatic N) is 7. The maximum absolute atomic E-state index is 12.6. The lowest BCUT2D eigenvalue weighted by Crippen LogP contribution is -2.48. The smallest absolute Gasteiger partial charge is 0.242 e. The minimum absolute atomic E-state index is 0.117. The number of hydrogen-bond donors (Lipinski definition) is 0. The van der Waals surface area contributed by atoms with Crippen LogP contribution in [0.5, 0.6) is 0 Å². The fourth-order valence-electron chi connectivity index (χ4n) is 3.21. The zero-order chi connectivity index (χ0) is 31.9. The average molecular weight is 586 g/mol. The maximum Gasteiger partial charge on any atom is 0.242 e. The van der Waals surface area contributed by atoms with Crippen molar-refractivity contribution in [2.24, 2.45) is 0 Å². The van der Waals surface area contributed by atoms with E-state index < -0.39 is 29.5 Å². The van der Waals surface area contributed by atoms with E-state index in [1.165, 1.54) is 69.0 Å². The molecule has 0 N–H and O–H groups in total. The molecule has 0 atom stereocenters. The molecule has 15 nitrogen and oxygen atoms in total. The molecule has 0 aromatic carbocycles. The summed E-state index contributed by atoms with van der Waals surface area (Å²) in [7, 11) is 11.8. The molecule has 15 heteroatoms. The summed E-state index contributed by atoms with van der Waals surface area (Å²) in [6.07, 6.45) is 0.772. The molecule has 0 aromatic heterocycles. The normalized spacial score (nSPS) is 10.4. The van der Waals surface area contributed by atoms with Gasteiger partial charge in [-0.3, -0.25) is 33.6 Å². The molecule has 0 aliphatic rings. The van der Waals surface area contributed by atoms with Crippen LogP contribution in [0.3, 0.4) is 0 Å². The van der Waals surface area contributed by atoms with Gasteiger partial charge in [-0.25, -0.2) is 0 Å². The van der Waals surface area contributed by atoms with Crippen molar-refractivity contribution < 1.29 is 38.3 Å². The first-order chi connectivity index (χ1) is 19.0. The Morgan fingerprint density at radius 3 is 0.927 bits per heavy atom. The third-order valence-corrected chi connectivity index (χ3v) is 6.43. The van der Waals surface area contributed by atoms with Crippen molar-refractivity contribution in [1.29, 1.82) is 0 Å². The van der Waals surface area contributed by atoms with Crippen molar-refractivity contribution >= 4 is 41.4 Å². The van der Waals surface area contributed by atoms with Crippen LogP contribution in [-0.2, 0) is 38.3 Å². The highest BCUT2D eigenvalue weighted by Gasteiger charge is 2.24. The zero-order valence-corrected chi connectivity index (χ0v) is 26.0. The Balaban J connectivity index is 4.71. The Bertz CT molecular complexity index is 945. The van der Waals surface area contributed by atoms with Gasteiger partial charge < -0.3 is 39.0 Å². The second-order valence-corrected chi connectivity index (χ2v) is 10.0. The van der Waals surface area contributed by atoms with Gasteiger partial charge in [-0.05, 0) is 13.3 Å². The van der Waals surface area contributed by atoms with Crippen LogP contribution < -0.4 is 0 Å². The Labute approximate surface area is 242 Å². The molecule has 0 fully saturated rings. The molecule has 0 unspecified atom stereocenters. The number of methoxy groups -OCH3 is 1. The third kappa shape index (κ3) is 13.9. The minimum atomic E-state index is -0.519. The van der Waals surface area contributed by atoms with Gasteiger partial charge in [-0.1, -0.05) is 0 Å². The van der Waals surface area contributed by atoms with E-state index in [1.807, 2.05) is 6.92 Å². The van der Waals surface area contributed by atoms with E-state index in [0.717, 1.165) is 14.7 Å². The summed E-state index contributed by atoms with van der Waals surface area (Å²) in [6, 6.07) is 0. The van der Waals surface area contributed by atoms with Crippen molar-refractivity contribution in [1.82, 2.24) is 34.3 Å². The van der Waals surface area contributed by atoms with Crippen molar-refractivity contribution in [2.45, 2.75) is 19.8 Å². The average Bonchev–Trinajstić information content (AvgIpc) is 2.91. The highest BCUT2D eigenvalue weighted by atomic mass is 16.5. The van der Waals surface area contributed by atoms with E-state index in [-0.39, 0.29) is 57.5 Å². The lowest BCUT2D eigenvalue weighted by molar-refractivity contribution is -0.145. The lowest BCUT2D eigenvalue weighted by Gasteiger charge is -2.27. The van der Waals surface area contributed by atoms with Crippen LogP contribution >= 0.6 is 0 Å². The quantitative estimate of drug-likeness (QED) is 0.172. The predicted octanol–water partition coefficient (Wildman–Crippen LogP) is -2.36. The molecular formula is C26H47N7O8. The van der Waals surface area contributed by atoms with Crippen LogP contribution in [0.1, 0.15) is 19.8 Å². The van der Waals surface area contributed by atoms with Crippen LogP contribution in [0.4, 0.5) is 0 Å². The molecule has 234 valence electrons. The number of likely N-dealkylation sites (N-methyl/N-ethyl adjacent to an activating group) is 7. The van der Waals surface area contributed by atoms with Gasteiger partial charge in [0.2, 0.25) is 41.4 Å². The summed E-state index contributed by atoms with van der Waals surface area (Å²) in [5, 5.41) is 0. The van der Waals surface area contributed by atoms with Crippen molar-refractivity contribution in [3.05, 3.63) is 0 Å². The first-order valence-electron chi connectivity index (χ1n) is 13.2. The fourth-order valence-corrected chi connectivity index (χ4v) is 3.21. The first kappa shape index (κ1) is 37.2. The second-order valence-electron chi connectivity index (χ2n) is 10.0. The zero-order valence-electron chi connectivity index (χ0n) is 26.0. The van der Waals surface area contributed by atoms with Crippen LogP contribution in [-0.4, -0.2) is 185 Å². The van der Waals surface area contributed by atoms with Crippen LogP contribution in [0.25, 0.3) is 0 Å². The lowest BCUT2D eigenvalue weighted by atomic mass is 10.3. The molecule has 0 saturated heterocycles. The molecule has 0 rings (SSSR count). The molecule has 0 radical (unpaired) electrons. The molecule has 0 spiro atoms.